The molecule has 0 saturated carbocycles. The van der Waals surface area contributed by atoms with E-state index in [0.717, 1.165) is 6.08 Å². The molecule has 0 spiro atoms. The van der Waals surface area contributed by atoms with Crippen LogP contribution in [0.1, 0.15) is 5.56 Å². The number of carbonyl (C=O) groups is 1. The van der Waals surface area contributed by atoms with Gasteiger partial charge in [-0.3, -0.25) is 4.79 Å². The van der Waals surface area contributed by atoms with Gasteiger partial charge in [0.05, 0.1) is 15.7 Å². The molecule has 2 aromatic carbocycles. The summed E-state index contributed by atoms with van der Waals surface area (Å²) in [6.07, 6.45) is 1.07. The van der Waals surface area contributed by atoms with Gasteiger partial charge in [-0.2, -0.15) is 5.26 Å². The molecule has 1 amide bonds. The first kappa shape index (κ1) is 17.3. The van der Waals surface area contributed by atoms with Gasteiger partial charge in [-0.1, -0.05) is 40.9 Å². The Labute approximate surface area is 146 Å². The van der Waals surface area contributed by atoms with Crippen LogP contribution in [0.3, 0.4) is 0 Å². The average Bonchev–Trinajstić information content (AvgIpc) is 2.50. The molecule has 2 rings (SSSR count). The Morgan fingerprint density at radius 3 is 2.57 bits per heavy atom. The number of benzene rings is 2. The summed E-state index contributed by atoms with van der Waals surface area (Å²) in [6.45, 7) is 0. The van der Waals surface area contributed by atoms with Crippen LogP contribution < -0.4 is 5.32 Å². The molecular formula is C16H8Cl3FN2O. The zero-order valence-corrected chi connectivity index (χ0v) is 13.7. The predicted octanol–water partition coefficient (Wildman–Crippen LogP) is 5.33. The molecular weight excluding hydrogens is 362 g/mol. The molecule has 0 atom stereocenters. The number of nitrogens with zero attached hydrogens (tertiary/aromatic N) is 1. The van der Waals surface area contributed by atoms with Crippen LogP contribution in [0.5, 0.6) is 0 Å². The van der Waals surface area contributed by atoms with Crippen molar-refractivity contribution in [3.8, 4) is 6.07 Å². The van der Waals surface area contributed by atoms with Crippen LogP contribution in [0.4, 0.5) is 10.1 Å². The fourth-order valence-corrected chi connectivity index (χ4v) is 2.28. The van der Waals surface area contributed by atoms with Gasteiger partial charge in [0, 0.05) is 10.6 Å². The molecule has 0 bridgehead atoms. The SMILES string of the molecule is N#C/C(=C\c1c(F)cccc1Cl)C(=O)Nc1cc(Cl)ccc1Cl. The Balaban J connectivity index is 2.34. The van der Waals surface area contributed by atoms with E-state index >= 15 is 0 Å². The molecule has 0 saturated heterocycles. The van der Waals surface area contributed by atoms with Gasteiger partial charge in [0.15, 0.2) is 0 Å². The summed E-state index contributed by atoms with van der Waals surface area (Å²) >= 11 is 17.6. The zero-order chi connectivity index (χ0) is 17.0. The lowest BCUT2D eigenvalue weighted by molar-refractivity contribution is -0.112. The topological polar surface area (TPSA) is 52.9 Å². The molecule has 0 heterocycles. The zero-order valence-electron chi connectivity index (χ0n) is 11.4. The van der Waals surface area contributed by atoms with Crippen LogP contribution in [0.25, 0.3) is 6.08 Å². The van der Waals surface area contributed by atoms with Crippen LogP contribution in [-0.2, 0) is 4.79 Å². The number of nitrogens with one attached hydrogen (secondary N) is 1. The predicted molar refractivity (Wildman–Crippen MR) is 90.1 cm³/mol. The number of nitriles is 1. The van der Waals surface area contributed by atoms with Crippen molar-refractivity contribution in [1.82, 2.24) is 0 Å². The van der Waals surface area contributed by atoms with E-state index in [2.05, 4.69) is 5.32 Å². The Kier molecular flexibility index (Phi) is 5.62. The maximum atomic E-state index is 13.7. The Morgan fingerprint density at radius 2 is 1.91 bits per heavy atom. The van der Waals surface area contributed by atoms with Crippen LogP contribution in [0.2, 0.25) is 15.1 Å². The highest BCUT2D eigenvalue weighted by Crippen LogP contribution is 2.26. The molecule has 2 aromatic rings. The van der Waals surface area contributed by atoms with Gasteiger partial charge < -0.3 is 5.32 Å². The van der Waals surface area contributed by atoms with E-state index < -0.39 is 11.7 Å². The van der Waals surface area contributed by atoms with E-state index in [-0.39, 0.29) is 26.9 Å². The Bertz CT molecular complexity index is 823. The molecule has 1 N–H and O–H groups in total. The number of carbonyl (C=O) groups excluding carboxylic acids is 1. The van der Waals surface area contributed by atoms with Gasteiger partial charge in [0.1, 0.15) is 17.5 Å². The van der Waals surface area contributed by atoms with E-state index in [1.54, 1.807) is 12.1 Å². The van der Waals surface area contributed by atoms with Crippen molar-refractivity contribution in [2.45, 2.75) is 0 Å². The summed E-state index contributed by atoms with van der Waals surface area (Å²) in [6, 6.07) is 10.3. The first-order chi connectivity index (χ1) is 10.9. The van der Waals surface area contributed by atoms with Crippen molar-refractivity contribution < 1.29 is 9.18 Å². The number of anilines is 1. The summed E-state index contributed by atoms with van der Waals surface area (Å²) in [4.78, 5) is 12.2. The molecule has 3 nitrogen and oxygen atoms in total. The first-order valence-corrected chi connectivity index (χ1v) is 7.38. The molecule has 7 heteroatoms. The molecule has 0 aliphatic rings. The monoisotopic (exact) mass is 368 g/mol. The lowest BCUT2D eigenvalue weighted by atomic mass is 10.1. The molecule has 0 aliphatic heterocycles. The minimum Gasteiger partial charge on any atom is -0.320 e. The lowest BCUT2D eigenvalue weighted by Gasteiger charge is -2.07. The van der Waals surface area contributed by atoms with E-state index in [1.165, 1.54) is 30.3 Å². The number of hydrogen-bond acceptors (Lipinski definition) is 2. The largest absolute Gasteiger partial charge is 0.320 e. The fraction of sp³-hybridized carbons (Fsp3) is 0. The van der Waals surface area contributed by atoms with Gasteiger partial charge in [0.2, 0.25) is 0 Å². The van der Waals surface area contributed by atoms with Gasteiger partial charge in [-0.05, 0) is 36.4 Å². The number of hydrogen-bond donors (Lipinski definition) is 1. The van der Waals surface area contributed by atoms with Crippen LogP contribution >= 0.6 is 34.8 Å². The highest BCUT2D eigenvalue weighted by atomic mass is 35.5. The molecule has 23 heavy (non-hydrogen) atoms. The van der Waals surface area contributed by atoms with Gasteiger partial charge in [-0.15, -0.1) is 0 Å². The highest BCUT2D eigenvalue weighted by molar-refractivity contribution is 6.36. The third kappa shape index (κ3) is 4.23. The smallest absolute Gasteiger partial charge is 0.266 e. The van der Waals surface area contributed by atoms with E-state index in [9.17, 15) is 9.18 Å². The van der Waals surface area contributed by atoms with Crippen molar-refractivity contribution in [3.63, 3.8) is 0 Å². The third-order valence-electron chi connectivity index (χ3n) is 2.83. The van der Waals surface area contributed by atoms with Crippen LogP contribution in [0.15, 0.2) is 42.0 Å². The summed E-state index contributed by atoms with van der Waals surface area (Å²) in [5.74, 6) is -1.39. The van der Waals surface area contributed by atoms with Crippen LogP contribution in [-0.4, -0.2) is 5.91 Å². The van der Waals surface area contributed by atoms with E-state index in [1.807, 2.05) is 0 Å². The number of rotatable bonds is 3. The maximum Gasteiger partial charge on any atom is 0.266 e. The van der Waals surface area contributed by atoms with Gasteiger partial charge >= 0.3 is 0 Å². The van der Waals surface area contributed by atoms with Crippen molar-refractivity contribution in [3.05, 3.63) is 68.4 Å². The maximum absolute atomic E-state index is 13.7. The fourth-order valence-electron chi connectivity index (χ4n) is 1.72. The summed E-state index contributed by atoms with van der Waals surface area (Å²) < 4.78 is 13.7. The van der Waals surface area contributed by atoms with Gasteiger partial charge in [0.25, 0.3) is 5.91 Å². The quantitative estimate of drug-likeness (QED) is 0.587. The standard InChI is InChI=1S/C16H8Cl3FN2O/c17-10-4-5-13(19)15(7-10)22-16(23)9(8-21)6-11-12(18)2-1-3-14(11)20/h1-7H,(H,22,23)/b9-6+. The van der Waals surface area contributed by atoms with Gasteiger partial charge in [-0.25, -0.2) is 4.39 Å². The highest BCUT2D eigenvalue weighted by Gasteiger charge is 2.14. The summed E-state index contributed by atoms with van der Waals surface area (Å²) in [5, 5.41) is 12.3. The summed E-state index contributed by atoms with van der Waals surface area (Å²) in [7, 11) is 0. The van der Waals surface area contributed by atoms with E-state index in [0.29, 0.717) is 5.02 Å². The molecule has 0 fully saturated rings. The molecule has 0 radical (unpaired) electrons. The average molecular weight is 370 g/mol. The second kappa shape index (κ2) is 7.47. The van der Waals surface area contributed by atoms with Crippen LogP contribution in [0, 0.1) is 17.1 Å². The van der Waals surface area contributed by atoms with Crippen molar-refractivity contribution in [1.29, 1.82) is 5.26 Å². The normalized spacial score (nSPS) is 11.0. The molecule has 0 aromatic heterocycles. The second-order valence-corrected chi connectivity index (χ2v) is 5.63. The van der Waals surface area contributed by atoms with Crippen molar-refractivity contribution in [2.24, 2.45) is 0 Å². The van der Waals surface area contributed by atoms with E-state index in [4.69, 9.17) is 40.1 Å². The Hall–Kier alpha value is -2.06. The third-order valence-corrected chi connectivity index (χ3v) is 3.72. The number of halogens is 4. The van der Waals surface area contributed by atoms with Crippen molar-refractivity contribution in [2.75, 3.05) is 5.32 Å². The van der Waals surface area contributed by atoms with Crippen molar-refractivity contribution >= 4 is 52.5 Å². The minimum atomic E-state index is -0.754. The minimum absolute atomic E-state index is 0.0435. The second-order valence-electron chi connectivity index (χ2n) is 4.38. The number of amides is 1. The molecule has 116 valence electrons. The molecule has 0 aliphatic carbocycles. The summed E-state index contributed by atoms with van der Waals surface area (Å²) in [5.41, 5.74) is -0.129. The lowest BCUT2D eigenvalue weighted by Crippen LogP contribution is -2.14. The Morgan fingerprint density at radius 1 is 1.17 bits per heavy atom. The first-order valence-electron chi connectivity index (χ1n) is 6.24. The molecule has 0 unspecified atom stereocenters.